The summed E-state index contributed by atoms with van der Waals surface area (Å²) < 4.78 is 10.9. The first-order chi connectivity index (χ1) is 10.6. The predicted molar refractivity (Wildman–Crippen MR) is 89.5 cm³/mol. The summed E-state index contributed by atoms with van der Waals surface area (Å²) in [4.78, 5) is 14.1. The summed E-state index contributed by atoms with van der Waals surface area (Å²) in [7, 11) is 0. The molecule has 1 amide bonds. The maximum atomic E-state index is 11.9. The molecule has 0 unspecified atom stereocenters. The van der Waals surface area contributed by atoms with E-state index in [2.05, 4.69) is 37.9 Å². The summed E-state index contributed by atoms with van der Waals surface area (Å²) in [5.74, 6) is 1.09. The average Bonchev–Trinajstić information content (AvgIpc) is 2.50. The van der Waals surface area contributed by atoms with Crippen LogP contribution in [-0.4, -0.2) is 43.8 Å². The number of ether oxygens (including phenoxy) is 2. The monoisotopic (exact) mass is 308 g/mol. The number of benzene rings is 1. The molecule has 124 valence electrons. The van der Waals surface area contributed by atoms with Crippen LogP contribution in [0.1, 0.15) is 27.7 Å². The fourth-order valence-corrected chi connectivity index (χ4v) is 1.91. The van der Waals surface area contributed by atoms with Crippen molar-refractivity contribution in [2.75, 3.05) is 38.2 Å². The first-order valence-electron chi connectivity index (χ1n) is 7.94. The Kier molecular flexibility index (Phi) is 8.36. The van der Waals surface area contributed by atoms with Gasteiger partial charge in [0.1, 0.15) is 12.4 Å². The highest BCUT2D eigenvalue weighted by molar-refractivity contribution is 5.86. The van der Waals surface area contributed by atoms with Gasteiger partial charge in [0.25, 0.3) is 0 Å². The largest absolute Gasteiger partial charge is 0.491 e. The SMILES string of the molecule is CCN(CC)CCOC(=O)Nc1ccccc1OCC(C)C. The van der Waals surface area contributed by atoms with Crippen molar-refractivity contribution in [2.45, 2.75) is 27.7 Å². The van der Waals surface area contributed by atoms with Crippen molar-refractivity contribution >= 4 is 11.8 Å². The van der Waals surface area contributed by atoms with Crippen LogP contribution >= 0.6 is 0 Å². The third-order valence-electron chi connectivity index (χ3n) is 3.23. The summed E-state index contributed by atoms with van der Waals surface area (Å²) in [5.41, 5.74) is 0.635. The standard InChI is InChI=1S/C17H28N2O3/c1-5-19(6-2)11-12-21-17(20)18-15-9-7-8-10-16(15)22-13-14(3)4/h7-10,14H,5-6,11-13H2,1-4H3,(H,18,20). The average molecular weight is 308 g/mol. The van der Waals surface area contributed by atoms with Gasteiger partial charge < -0.3 is 14.4 Å². The Hall–Kier alpha value is -1.75. The number of carbonyl (C=O) groups is 1. The molecule has 0 atom stereocenters. The fourth-order valence-electron chi connectivity index (χ4n) is 1.91. The first-order valence-corrected chi connectivity index (χ1v) is 7.94. The highest BCUT2D eigenvalue weighted by atomic mass is 16.5. The zero-order chi connectivity index (χ0) is 16.4. The van der Waals surface area contributed by atoms with Crippen molar-refractivity contribution in [3.8, 4) is 5.75 Å². The van der Waals surface area contributed by atoms with Gasteiger partial charge in [0.2, 0.25) is 0 Å². The molecule has 0 radical (unpaired) electrons. The Labute approximate surface area is 133 Å². The van der Waals surface area contributed by atoms with E-state index in [0.717, 1.165) is 19.6 Å². The van der Waals surface area contributed by atoms with Crippen molar-refractivity contribution in [1.82, 2.24) is 4.90 Å². The Morgan fingerprint density at radius 2 is 1.91 bits per heavy atom. The van der Waals surface area contributed by atoms with E-state index in [0.29, 0.717) is 30.6 Å². The molecule has 1 N–H and O–H groups in total. The lowest BCUT2D eigenvalue weighted by Gasteiger charge is -2.18. The van der Waals surface area contributed by atoms with Crippen molar-refractivity contribution in [2.24, 2.45) is 5.92 Å². The van der Waals surface area contributed by atoms with Crippen LogP contribution in [0.15, 0.2) is 24.3 Å². The van der Waals surface area contributed by atoms with Gasteiger partial charge >= 0.3 is 6.09 Å². The van der Waals surface area contributed by atoms with Gasteiger partial charge in [-0.2, -0.15) is 0 Å². The van der Waals surface area contributed by atoms with Crippen molar-refractivity contribution in [3.63, 3.8) is 0 Å². The molecule has 0 saturated carbocycles. The number of hydrogen-bond donors (Lipinski definition) is 1. The van der Waals surface area contributed by atoms with Crippen LogP contribution in [0, 0.1) is 5.92 Å². The van der Waals surface area contributed by atoms with Gasteiger partial charge in [0.15, 0.2) is 0 Å². The minimum absolute atomic E-state index is 0.378. The molecule has 0 aliphatic carbocycles. The third-order valence-corrected chi connectivity index (χ3v) is 3.23. The van der Waals surface area contributed by atoms with Crippen LogP contribution in [0.3, 0.4) is 0 Å². The highest BCUT2D eigenvalue weighted by Crippen LogP contribution is 2.24. The Morgan fingerprint density at radius 3 is 2.55 bits per heavy atom. The van der Waals surface area contributed by atoms with E-state index in [1.165, 1.54) is 0 Å². The minimum atomic E-state index is -0.451. The fraction of sp³-hybridized carbons (Fsp3) is 0.588. The number of hydrogen-bond acceptors (Lipinski definition) is 4. The lowest BCUT2D eigenvalue weighted by atomic mass is 10.2. The number of nitrogens with one attached hydrogen (secondary N) is 1. The second-order valence-corrected chi connectivity index (χ2v) is 5.49. The number of carbonyl (C=O) groups excluding carboxylic acids is 1. The smallest absolute Gasteiger partial charge is 0.411 e. The molecular weight excluding hydrogens is 280 g/mol. The van der Waals surface area contributed by atoms with Crippen LogP contribution in [0.25, 0.3) is 0 Å². The molecule has 0 spiro atoms. The summed E-state index contributed by atoms with van der Waals surface area (Å²) in [6, 6.07) is 7.38. The van der Waals surface area contributed by atoms with E-state index in [4.69, 9.17) is 9.47 Å². The van der Waals surface area contributed by atoms with Crippen LogP contribution in [0.2, 0.25) is 0 Å². The number of anilines is 1. The van der Waals surface area contributed by atoms with Gasteiger partial charge in [0, 0.05) is 6.54 Å². The topological polar surface area (TPSA) is 50.8 Å². The van der Waals surface area contributed by atoms with Gasteiger partial charge in [-0.25, -0.2) is 4.79 Å². The number of rotatable bonds is 9. The van der Waals surface area contributed by atoms with E-state index in [1.807, 2.05) is 18.2 Å². The second kappa shape index (κ2) is 10.1. The Morgan fingerprint density at radius 1 is 1.23 bits per heavy atom. The molecule has 0 saturated heterocycles. The molecule has 0 aromatic heterocycles. The van der Waals surface area contributed by atoms with Crippen LogP contribution in [-0.2, 0) is 4.74 Å². The lowest BCUT2D eigenvalue weighted by Crippen LogP contribution is -2.28. The Bertz CT molecular complexity index is 445. The lowest BCUT2D eigenvalue weighted by molar-refractivity contribution is 0.142. The highest BCUT2D eigenvalue weighted by Gasteiger charge is 2.09. The summed E-state index contributed by atoms with van der Waals surface area (Å²) in [6.07, 6.45) is -0.451. The van der Waals surface area contributed by atoms with Crippen molar-refractivity contribution < 1.29 is 14.3 Å². The molecule has 22 heavy (non-hydrogen) atoms. The normalized spacial score (nSPS) is 10.8. The number of para-hydroxylation sites is 2. The summed E-state index contributed by atoms with van der Waals surface area (Å²) in [5, 5.41) is 2.74. The van der Waals surface area contributed by atoms with E-state index < -0.39 is 6.09 Å². The molecule has 1 aromatic rings. The zero-order valence-corrected chi connectivity index (χ0v) is 14.1. The molecule has 0 heterocycles. The van der Waals surface area contributed by atoms with Crippen LogP contribution in [0.5, 0.6) is 5.75 Å². The van der Waals surface area contributed by atoms with E-state index in [9.17, 15) is 4.79 Å². The quantitative estimate of drug-likeness (QED) is 0.757. The number of amides is 1. The zero-order valence-electron chi connectivity index (χ0n) is 14.1. The van der Waals surface area contributed by atoms with Crippen molar-refractivity contribution in [3.05, 3.63) is 24.3 Å². The molecule has 5 nitrogen and oxygen atoms in total. The number of likely N-dealkylation sites (N-methyl/N-ethyl adjacent to an activating group) is 1. The molecular formula is C17H28N2O3. The van der Waals surface area contributed by atoms with Gasteiger partial charge in [0.05, 0.1) is 12.3 Å². The molecule has 1 aromatic carbocycles. The van der Waals surface area contributed by atoms with Gasteiger partial charge in [-0.3, -0.25) is 5.32 Å². The summed E-state index contributed by atoms with van der Waals surface area (Å²) >= 11 is 0. The van der Waals surface area contributed by atoms with Gasteiger partial charge in [-0.05, 0) is 31.1 Å². The third kappa shape index (κ3) is 6.80. The molecule has 0 fully saturated rings. The molecule has 5 heteroatoms. The predicted octanol–water partition coefficient (Wildman–Crippen LogP) is 3.61. The van der Waals surface area contributed by atoms with E-state index in [-0.39, 0.29) is 0 Å². The van der Waals surface area contributed by atoms with Gasteiger partial charge in [-0.15, -0.1) is 0 Å². The molecule has 0 aliphatic rings. The molecule has 1 rings (SSSR count). The van der Waals surface area contributed by atoms with Crippen LogP contribution < -0.4 is 10.1 Å². The van der Waals surface area contributed by atoms with Gasteiger partial charge in [-0.1, -0.05) is 39.8 Å². The first kappa shape index (κ1) is 18.3. The maximum absolute atomic E-state index is 11.9. The minimum Gasteiger partial charge on any atom is -0.491 e. The second-order valence-electron chi connectivity index (χ2n) is 5.49. The van der Waals surface area contributed by atoms with E-state index >= 15 is 0 Å². The number of nitrogens with zero attached hydrogens (tertiary/aromatic N) is 1. The molecule has 0 aliphatic heterocycles. The maximum Gasteiger partial charge on any atom is 0.411 e. The molecule has 0 bridgehead atoms. The summed E-state index contributed by atoms with van der Waals surface area (Å²) in [6.45, 7) is 12.0. The van der Waals surface area contributed by atoms with E-state index in [1.54, 1.807) is 6.07 Å². The van der Waals surface area contributed by atoms with Crippen LogP contribution in [0.4, 0.5) is 10.5 Å². The van der Waals surface area contributed by atoms with Crippen molar-refractivity contribution in [1.29, 1.82) is 0 Å². The Balaban J connectivity index is 2.46.